The number of sulfonamides is 1. The predicted molar refractivity (Wildman–Crippen MR) is 164 cm³/mol. The number of rotatable bonds is 11. The summed E-state index contributed by atoms with van der Waals surface area (Å²) in [4.78, 5) is 13.0. The van der Waals surface area contributed by atoms with Crippen LogP contribution in [0.3, 0.4) is 0 Å². The van der Waals surface area contributed by atoms with Gasteiger partial charge in [0, 0.05) is 5.02 Å². The average Bonchev–Trinajstić information content (AvgIpc) is 2.96. The highest BCUT2D eigenvalue weighted by Gasteiger charge is 2.28. The number of amides is 1. The summed E-state index contributed by atoms with van der Waals surface area (Å²) in [7, 11) is -2.54. The van der Waals surface area contributed by atoms with Crippen molar-refractivity contribution in [2.45, 2.75) is 18.4 Å². The Kier molecular flexibility index (Phi) is 10.0. The third-order valence-corrected chi connectivity index (χ3v) is 8.52. The van der Waals surface area contributed by atoms with Crippen molar-refractivity contribution in [3.8, 4) is 11.5 Å². The molecular weight excluding hydrogens is 630 g/mol. The molecule has 0 saturated heterocycles. The van der Waals surface area contributed by atoms with Gasteiger partial charge in [0.15, 0.2) is 11.5 Å². The summed E-state index contributed by atoms with van der Waals surface area (Å²) in [6.45, 7) is 1.58. The lowest BCUT2D eigenvalue weighted by molar-refractivity contribution is -0.119. The summed E-state index contributed by atoms with van der Waals surface area (Å²) >= 11 is 9.60. The Morgan fingerprint density at radius 2 is 1.71 bits per heavy atom. The number of ether oxygens (including phenoxy) is 2. The molecule has 4 aromatic carbocycles. The molecule has 0 aliphatic rings. The number of carbonyl (C=O) groups excluding carboxylic acids is 1. The highest BCUT2D eigenvalue weighted by molar-refractivity contribution is 9.10. The number of halogens is 2. The molecule has 8 nitrogen and oxygen atoms in total. The minimum Gasteiger partial charge on any atom is -0.493 e. The van der Waals surface area contributed by atoms with Gasteiger partial charge in [-0.1, -0.05) is 60.1 Å². The molecule has 0 saturated carbocycles. The number of nitrogens with one attached hydrogen (secondary N) is 1. The van der Waals surface area contributed by atoms with Gasteiger partial charge >= 0.3 is 0 Å². The van der Waals surface area contributed by atoms with Crippen molar-refractivity contribution in [2.75, 3.05) is 18.0 Å². The molecule has 0 aliphatic carbocycles. The summed E-state index contributed by atoms with van der Waals surface area (Å²) in [5.74, 6) is 0.364. The molecule has 4 rings (SSSR count). The molecule has 0 atom stereocenters. The number of hydrogen-bond acceptors (Lipinski definition) is 6. The van der Waals surface area contributed by atoms with Gasteiger partial charge in [-0.15, -0.1) is 0 Å². The van der Waals surface area contributed by atoms with Gasteiger partial charge in [0.2, 0.25) is 0 Å². The molecule has 1 amide bonds. The van der Waals surface area contributed by atoms with Gasteiger partial charge in [0.05, 0.1) is 28.4 Å². The van der Waals surface area contributed by atoms with Crippen LogP contribution in [0.1, 0.15) is 16.7 Å². The molecule has 0 aliphatic heterocycles. The highest BCUT2D eigenvalue weighted by Crippen LogP contribution is 2.37. The zero-order valence-electron chi connectivity index (χ0n) is 22.3. The maximum absolute atomic E-state index is 13.5. The Morgan fingerprint density at radius 3 is 2.37 bits per heavy atom. The topological polar surface area (TPSA) is 97.3 Å². The molecule has 0 spiro atoms. The maximum Gasteiger partial charge on any atom is 0.264 e. The van der Waals surface area contributed by atoms with Crippen LogP contribution in [-0.2, 0) is 21.4 Å². The fourth-order valence-corrected chi connectivity index (χ4v) is 6.25. The maximum atomic E-state index is 13.5. The van der Waals surface area contributed by atoms with Crippen LogP contribution < -0.4 is 19.2 Å². The fourth-order valence-electron chi connectivity index (χ4n) is 3.95. The summed E-state index contributed by atoms with van der Waals surface area (Å²) in [6, 6.07) is 25.9. The van der Waals surface area contributed by atoms with Crippen molar-refractivity contribution in [3.63, 3.8) is 0 Å². The van der Waals surface area contributed by atoms with Crippen LogP contribution >= 0.6 is 27.5 Å². The average molecular weight is 657 g/mol. The number of hydrogen-bond donors (Lipinski definition) is 1. The van der Waals surface area contributed by atoms with E-state index in [4.69, 9.17) is 21.1 Å². The van der Waals surface area contributed by atoms with Gasteiger partial charge in [0.25, 0.3) is 15.9 Å². The van der Waals surface area contributed by atoms with E-state index in [-0.39, 0.29) is 4.90 Å². The van der Waals surface area contributed by atoms with E-state index >= 15 is 0 Å². The lowest BCUT2D eigenvalue weighted by atomic mass is 10.2. The van der Waals surface area contributed by atoms with Crippen LogP contribution in [0.2, 0.25) is 5.02 Å². The van der Waals surface area contributed by atoms with Crippen LogP contribution in [0.5, 0.6) is 11.5 Å². The molecule has 212 valence electrons. The standard InChI is InChI=1S/C30H27BrClN3O5S/c1-21-15-24(32)13-14-27(21)35(41(37,38)25-11-7-4-8-12-25)19-29(36)34-33-18-23-16-26(31)30(28(17-23)39-2)40-20-22-9-5-3-6-10-22/h3-18H,19-20H2,1-2H3,(H,34,36)/b33-18-. The zero-order valence-corrected chi connectivity index (χ0v) is 25.4. The van der Waals surface area contributed by atoms with E-state index in [0.717, 1.165) is 9.87 Å². The van der Waals surface area contributed by atoms with Gasteiger partial charge in [-0.3, -0.25) is 9.10 Å². The van der Waals surface area contributed by atoms with E-state index in [1.165, 1.54) is 25.5 Å². The number of hydrazone groups is 1. The lowest BCUT2D eigenvalue weighted by Gasteiger charge is -2.25. The van der Waals surface area contributed by atoms with E-state index < -0.39 is 22.5 Å². The fraction of sp³-hybridized carbons (Fsp3) is 0.133. The number of aryl methyl sites for hydroxylation is 1. The molecule has 0 aromatic heterocycles. The van der Waals surface area contributed by atoms with Crippen LogP contribution in [0.25, 0.3) is 0 Å². The SMILES string of the molecule is COc1cc(/C=N\NC(=O)CN(c2ccc(Cl)cc2C)S(=O)(=O)c2ccccc2)cc(Br)c1OCc1ccccc1. The first-order chi connectivity index (χ1) is 19.7. The van der Waals surface area contributed by atoms with Crippen LogP contribution in [-0.4, -0.2) is 34.2 Å². The van der Waals surface area contributed by atoms with Gasteiger partial charge in [-0.25, -0.2) is 13.8 Å². The Morgan fingerprint density at radius 1 is 1.02 bits per heavy atom. The second kappa shape index (κ2) is 13.7. The van der Waals surface area contributed by atoms with Crippen LogP contribution in [0.4, 0.5) is 5.69 Å². The van der Waals surface area contributed by atoms with Gasteiger partial charge < -0.3 is 9.47 Å². The lowest BCUT2D eigenvalue weighted by Crippen LogP contribution is -2.40. The molecule has 41 heavy (non-hydrogen) atoms. The van der Waals surface area contributed by atoms with Gasteiger partial charge in [-0.2, -0.15) is 5.10 Å². The number of nitrogens with zero attached hydrogens (tertiary/aromatic N) is 2. The molecule has 0 radical (unpaired) electrons. The van der Waals surface area contributed by atoms with Gasteiger partial charge in [0.1, 0.15) is 13.2 Å². The summed E-state index contributed by atoms with van der Waals surface area (Å²) in [5, 5.41) is 4.49. The van der Waals surface area contributed by atoms with E-state index in [9.17, 15) is 13.2 Å². The Hall–Kier alpha value is -3.86. The minimum absolute atomic E-state index is 0.0529. The summed E-state index contributed by atoms with van der Waals surface area (Å²) < 4.78 is 40.2. The largest absolute Gasteiger partial charge is 0.493 e. The van der Waals surface area contributed by atoms with Gasteiger partial charge in [-0.05, 0) is 82.0 Å². The first kappa shape index (κ1) is 30.1. The first-order valence-corrected chi connectivity index (χ1v) is 15.0. The second-order valence-electron chi connectivity index (χ2n) is 8.86. The number of carbonyl (C=O) groups is 1. The third kappa shape index (κ3) is 7.66. The van der Waals surface area contributed by atoms with Crippen molar-refractivity contribution in [1.29, 1.82) is 0 Å². The smallest absolute Gasteiger partial charge is 0.264 e. The van der Waals surface area contributed by atoms with Crippen molar-refractivity contribution in [1.82, 2.24) is 5.43 Å². The Bertz CT molecular complexity index is 1650. The van der Waals surface area contributed by atoms with E-state index in [2.05, 4.69) is 26.5 Å². The highest BCUT2D eigenvalue weighted by atomic mass is 79.9. The van der Waals surface area contributed by atoms with E-state index in [0.29, 0.717) is 44.4 Å². The number of benzene rings is 4. The van der Waals surface area contributed by atoms with Crippen molar-refractivity contribution in [3.05, 3.63) is 117 Å². The van der Waals surface area contributed by atoms with Crippen molar-refractivity contribution in [2.24, 2.45) is 5.10 Å². The van der Waals surface area contributed by atoms with E-state index in [1.54, 1.807) is 55.5 Å². The number of methoxy groups -OCH3 is 1. The minimum atomic E-state index is -4.07. The molecular formula is C30H27BrClN3O5S. The molecule has 0 heterocycles. The van der Waals surface area contributed by atoms with Crippen molar-refractivity contribution < 1.29 is 22.7 Å². The predicted octanol–water partition coefficient (Wildman–Crippen LogP) is 6.34. The summed E-state index contributed by atoms with van der Waals surface area (Å²) in [6.07, 6.45) is 1.43. The van der Waals surface area contributed by atoms with Crippen LogP contribution in [0, 0.1) is 6.92 Å². The summed E-state index contributed by atoms with van der Waals surface area (Å²) in [5.41, 5.74) is 4.96. The molecule has 11 heteroatoms. The Labute approximate surface area is 252 Å². The van der Waals surface area contributed by atoms with Crippen molar-refractivity contribution >= 4 is 55.4 Å². The molecule has 0 fully saturated rings. The Balaban J connectivity index is 1.50. The molecule has 4 aromatic rings. The zero-order chi connectivity index (χ0) is 29.4. The number of anilines is 1. The molecule has 0 bridgehead atoms. The normalized spacial score (nSPS) is 11.3. The van der Waals surface area contributed by atoms with Crippen LogP contribution in [0.15, 0.2) is 105 Å². The monoisotopic (exact) mass is 655 g/mol. The van der Waals surface area contributed by atoms with E-state index in [1.807, 2.05) is 30.3 Å². The first-order valence-electron chi connectivity index (χ1n) is 12.4. The second-order valence-corrected chi connectivity index (χ2v) is 12.0. The quantitative estimate of drug-likeness (QED) is 0.150. The third-order valence-electron chi connectivity index (χ3n) is 5.93. The molecule has 1 N–H and O–H groups in total. The molecule has 0 unspecified atom stereocenters.